The highest BCUT2D eigenvalue weighted by molar-refractivity contribution is 5.57. The van der Waals surface area contributed by atoms with Gasteiger partial charge in [-0.1, -0.05) is 12.1 Å². The van der Waals surface area contributed by atoms with E-state index in [-0.39, 0.29) is 5.82 Å². The van der Waals surface area contributed by atoms with Crippen molar-refractivity contribution in [3.63, 3.8) is 0 Å². The number of fused-ring (bicyclic) bond motifs is 1. The lowest BCUT2D eigenvalue weighted by atomic mass is 10.1. The van der Waals surface area contributed by atoms with E-state index in [9.17, 15) is 4.39 Å². The quantitative estimate of drug-likeness (QED) is 0.810. The summed E-state index contributed by atoms with van der Waals surface area (Å²) in [6, 6.07) is 5.35. The Kier molecular flexibility index (Phi) is 2.40. The van der Waals surface area contributed by atoms with Crippen molar-refractivity contribution in [2.24, 2.45) is 0 Å². The molecule has 4 nitrogen and oxygen atoms in total. The second-order valence-corrected chi connectivity index (χ2v) is 4.20. The molecule has 1 N–H and O–H groups in total. The first-order valence-electron chi connectivity index (χ1n) is 5.65. The summed E-state index contributed by atoms with van der Waals surface area (Å²) in [5.41, 5.74) is 1.17. The average molecular weight is 232 g/mol. The lowest BCUT2D eigenvalue weighted by Crippen LogP contribution is -2.28. The molecule has 0 fully saturated rings. The predicted molar refractivity (Wildman–Crippen MR) is 61.9 cm³/mol. The van der Waals surface area contributed by atoms with E-state index in [0.29, 0.717) is 23.5 Å². The van der Waals surface area contributed by atoms with Crippen LogP contribution in [0.2, 0.25) is 0 Å². The maximum atomic E-state index is 14.0. The zero-order valence-corrected chi connectivity index (χ0v) is 9.57. The normalized spacial score (nSPS) is 14.7. The van der Waals surface area contributed by atoms with Gasteiger partial charge in [-0.05, 0) is 18.6 Å². The van der Waals surface area contributed by atoms with Gasteiger partial charge in [0.1, 0.15) is 11.6 Å². The van der Waals surface area contributed by atoms with E-state index >= 15 is 0 Å². The molecule has 3 rings (SSSR count). The van der Waals surface area contributed by atoms with Crippen LogP contribution in [0, 0.1) is 12.7 Å². The number of hydrogen-bond acceptors (Lipinski definition) is 3. The molecule has 0 unspecified atom stereocenters. The first-order chi connectivity index (χ1) is 8.27. The minimum Gasteiger partial charge on any atom is -0.309 e. The Morgan fingerprint density at radius 2 is 2.24 bits per heavy atom. The molecular weight excluding hydrogens is 219 g/mol. The Balaban J connectivity index is 2.15. The van der Waals surface area contributed by atoms with Crippen molar-refractivity contribution >= 4 is 0 Å². The van der Waals surface area contributed by atoms with E-state index in [4.69, 9.17) is 0 Å². The largest absolute Gasteiger partial charge is 0.309 e. The molecule has 1 aliphatic rings. The van der Waals surface area contributed by atoms with Gasteiger partial charge in [0.25, 0.3) is 0 Å². The monoisotopic (exact) mass is 232 g/mol. The van der Waals surface area contributed by atoms with Gasteiger partial charge >= 0.3 is 0 Å². The zero-order chi connectivity index (χ0) is 11.8. The molecule has 5 heteroatoms. The van der Waals surface area contributed by atoms with Gasteiger partial charge in [-0.15, -0.1) is 10.2 Å². The third kappa shape index (κ3) is 1.63. The van der Waals surface area contributed by atoms with Gasteiger partial charge in [0, 0.05) is 13.1 Å². The topological polar surface area (TPSA) is 42.7 Å². The van der Waals surface area contributed by atoms with Crippen LogP contribution >= 0.6 is 0 Å². The van der Waals surface area contributed by atoms with Gasteiger partial charge < -0.3 is 9.88 Å². The van der Waals surface area contributed by atoms with E-state index in [1.165, 1.54) is 0 Å². The van der Waals surface area contributed by atoms with Crippen LogP contribution in [0.3, 0.4) is 0 Å². The first-order valence-corrected chi connectivity index (χ1v) is 5.65. The zero-order valence-electron chi connectivity index (χ0n) is 9.57. The molecule has 1 aromatic carbocycles. The highest BCUT2D eigenvalue weighted by Gasteiger charge is 2.19. The first kappa shape index (κ1) is 10.4. The van der Waals surface area contributed by atoms with Crippen LogP contribution in [-0.4, -0.2) is 21.3 Å². The van der Waals surface area contributed by atoms with Crippen molar-refractivity contribution in [1.82, 2.24) is 20.1 Å². The molecule has 2 heterocycles. The van der Waals surface area contributed by atoms with Crippen LogP contribution in [-0.2, 0) is 13.1 Å². The summed E-state index contributed by atoms with van der Waals surface area (Å²) in [5.74, 6) is 1.29. The molecule has 0 saturated carbocycles. The summed E-state index contributed by atoms with van der Waals surface area (Å²) in [7, 11) is 0. The highest BCUT2D eigenvalue weighted by Crippen LogP contribution is 2.24. The predicted octanol–water partition coefficient (Wildman–Crippen LogP) is 1.50. The van der Waals surface area contributed by atoms with Gasteiger partial charge in [-0.3, -0.25) is 0 Å². The Labute approximate surface area is 98.5 Å². The number of benzene rings is 1. The summed E-state index contributed by atoms with van der Waals surface area (Å²) in [4.78, 5) is 0. The van der Waals surface area contributed by atoms with Gasteiger partial charge in [0.2, 0.25) is 0 Å². The van der Waals surface area contributed by atoms with Gasteiger partial charge in [-0.2, -0.15) is 0 Å². The fourth-order valence-electron chi connectivity index (χ4n) is 2.11. The third-order valence-corrected chi connectivity index (χ3v) is 3.06. The minimum atomic E-state index is -0.207. The molecule has 0 spiro atoms. The van der Waals surface area contributed by atoms with Gasteiger partial charge in [0.05, 0.1) is 12.1 Å². The van der Waals surface area contributed by atoms with Crippen LogP contribution in [0.4, 0.5) is 4.39 Å². The molecular formula is C12H13FN4. The Morgan fingerprint density at radius 1 is 1.35 bits per heavy atom. The Hall–Kier alpha value is -1.75. The average Bonchev–Trinajstić information content (AvgIpc) is 2.77. The Bertz CT molecular complexity index is 562. The van der Waals surface area contributed by atoms with E-state index < -0.39 is 0 Å². The van der Waals surface area contributed by atoms with Crippen LogP contribution in [0.5, 0.6) is 0 Å². The molecule has 1 aliphatic heterocycles. The second-order valence-electron chi connectivity index (χ2n) is 4.20. The summed E-state index contributed by atoms with van der Waals surface area (Å²) in [5, 5.41) is 11.4. The fraction of sp³-hybridized carbons (Fsp3) is 0.333. The smallest absolute Gasteiger partial charge is 0.167 e. The second kappa shape index (κ2) is 3.92. The standard InChI is InChI=1S/C12H13FN4/c1-8-3-2-4-9(11(8)13)12-16-15-10-7-14-5-6-17(10)12/h2-4,14H,5-7H2,1H3. The van der Waals surface area contributed by atoms with Crippen molar-refractivity contribution < 1.29 is 4.39 Å². The molecule has 88 valence electrons. The van der Waals surface area contributed by atoms with Crippen molar-refractivity contribution in [2.45, 2.75) is 20.0 Å². The van der Waals surface area contributed by atoms with Crippen molar-refractivity contribution in [3.8, 4) is 11.4 Å². The highest BCUT2D eigenvalue weighted by atomic mass is 19.1. The maximum Gasteiger partial charge on any atom is 0.167 e. The number of rotatable bonds is 1. The molecule has 0 radical (unpaired) electrons. The van der Waals surface area contributed by atoms with Crippen molar-refractivity contribution in [1.29, 1.82) is 0 Å². The molecule has 1 aromatic heterocycles. The van der Waals surface area contributed by atoms with E-state index in [1.54, 1.807) is 19.1 Å². The van der Waals surface area contributed by atoms with Crippen LogP contribution < -0.4 is 5.32 Å². The molecule has 0 bridgehead atoms. The lowest BCUT2D eigenvalue weighted by Gasteiger charge is -2.16. The minimum absolute atomic E-state index is 0.207. The van der Waals surface area contributed by atoms with Crippen LogP contribution in [0.15, 0.2) is 18.2 Å². The number of halogens is 1. The van der Waals surface area contributed by atoms with E-state index in [2.05, 4.69) is 15.5 Å². The molecule has 0 aliphatic carbocycles. The van der Waals surface area contributed by atoms with Gasteiger partial charge in [-0.25, -0.2) is 4.39 Å². The summed E-state index contributed by atoms with van der Waals surface area (Å²) in [6.07, 6.45) is 0. The molecule has 0 atom stereocenters. The summed E-state index contributed by atoms with van der Waals surface area (Å²) in [6.45, 7) is 4.10. The molecule has 2 aromatic rings. The van der Waals surface area contributed by atoms with Crippen LogP contribution in [0.1, 0.15) is 11.4 Å². The molecule has 17 heavy (non-hydrogen) atoms. The number of hydrogen-bond donors (Lipinski definition) is 1. The number of nitrogens with zero attached hydrogens (tertiary/aromatic N) is 3. The molecule has 0 amide bonds. The fourth-order valence-corrected chi connectivity index (χ4v) is 2.11. The lowest BCUT2D eigenvalue weighted by molar-refractivity contribution is 0.507. The number of aromatic nitrogens is 3. The van der Waals surface area contributed by atoms with E-state index in [0.717, 1.165) is 18.9 Å². The van der Waals surface area contributed by atoms with Crippen LogP contribution in [0.25, 0.3) is 11.4 Å². The summed E-state index contributed by atoms with van der Waals surface area (Å²) >= 11 is 0. The number of nitrogens with one attached hydrogen (secondary N) is 1. The van der Waals surface area contributed by atoms with Crippen molar-refractivity contribution in [3.05, 3.63) is 35.4 Å². The number of aryl methyl sites for hydroxylation is 1. The maximum absolute atomic E-state index is 14.0. The third-order valence-electron chi connectivity index (χ3n) is 3.06. The van der Waals surface area contributed by atoms with E-state index in [1.807, 2.05) is 10.6 Å². The summed E-state index contributed by atoms with van der Waals surface area (Å²) < 4.78 is 16.0. The Morgan fingerprint density at radius 3 is 3.12 bits per heavy atom. The van der Waals surface area contributed by atoms with Gasteiger partial charge in [0.15, 0.2) is 5.82 Å². The molecule has 0 saturated heterocycles. The SMILES string of the molecule is Cc1cccc(-c2nnc3n2CCNC3)c1F. The van der Waals surface area contributed by atoms with Crippen molar-refractivity contribution in [2.75, 3.05) is 6.54 Å².